The van der Waals surface area contributed by atoms with E-state index in [4.69, 9.17) is 0 Å². The van der Waals surface area contributed by atoms with Gasteiger partial charge in [0.25, 0.3) is 5.69 Å². The Kier molecular flexibility index (Phi) is 5.82. The molecule has 1 aliphatic rings. The van der Waals surface area contributed by atoms with Gasteiger partial charge in [0, 0.05) is 48.5 Å². The van der Waals surface area contributed by atoms with Crippen LogP contribution in [0.2, 0.25) is 0 Å². The second kappa shape index (κ2) is 8.27. The number of rotatable bonds is 5. The second-order valence-corrected chi connectivity index (χ2v) is 7.15. The highest BCUT2D eigenvalue weighted by Crippen LogP contribution is 2.33. The number of aromatic nitrogens is 1. The van der Waals surface area contributed by atoms with Crippen molar-refractivity contribution in [3.8, 4) is 0 Å². The van der Waals surface area contributed by atoms with Crippen LogP contribution in [0.15, 0.2) is 47.2 Å². The Bertz CT molecular complexity index is 792. The number of amides is 1. The van der Waals surface area contributed by atoms with Crippen LogP contribution in [-0.2, 0) is 11.3 Å². The van der Waals surface area contributed by atoms with Gasteiger partial charge in [-0.05, 0) is 36.6 Å². The summed E-state index contributed by atoms with van der Waals surface area (Å²) in [5.74, 6) is -0.0497. The maximum atomic E-state index is 12.4. The van der Waals surface area contributed by atoms with Gasteiger partial charge in [0.1, 0.15) is 5.69 Å². The van der Waals surface area contributed by atoms with Crippen molar-refractivity contribution < 1.29 is 9.72 Å². The summed E-state index contributed by atoms with van der Waals surface area (Å²) >= 11 is 3.37. The average molecular weight is 419 g/mol. The molecule has 0 saturated carbocycles. The minimum absolute atomic E-state index is 0.0252. The minimum Gasteiger partial charge on any atom is -0.366 e. The number of pyridine rings is 1. The van der Waals surface area contributed by atoms with Gasteiger partial charge in [0.15, 0.2) is 0 Å². The lowest BCUT2D eigenvalue weighted by Crippen LogP contribution is -2.40. The van der Waals surface area contributed by atoms with Crippen molar-refractivity contribution in [2.45, 2.75) is 19.4 Å². The van der Waals surface area contributed by atoms with Crippen LogP contribution in [0.4, 0.5) is 11.4 Å². The summed E-state index contributed by atoms with van der Waals surface area (Å²) in [5.41, 5.74) is 1.65. The summed E-state index contributed by atoms with van der Waals surface area (Å²) in [6.07, 6.45) is 4.77. The molecule has 26 heavy (non-hydrogen) atoms. The van der Waals surface area contributed by atoms with Gasteiger partial charge in [0.2, 0.25) is 5.91 Å². The molecule has 1 aromatic carbocycles. The molecule has 8 heteroatoms. The molecule has 2 heterocycles. The van der Waals surface area contributed by atoms with Crippen molar-refractivity contribution in [1.29, 1.82) is 0 Å². The molecule has 1 amide bonds. The van der Waals surface area contributed by atoms with Crippen molar-refractivity contribution in [2.24, 2.45) is 5.92 Å². The van der Waals surface area contributed by atoms with E-state index in [2.05, 4.69) is 26.2 Å². The molecule has 0 aliphatic carbocycles. The quantitative estimate of drug-likeness (QED) is 0.594. The van der Waals surface area contributed by atoms with Crippen LogP contribution in [0, 0.1) is 16.0 Å². The minimum atomic E-state index is -0.367. The summed E-state index contributed by atoms with van der Waals surface area (Å²) in [6, 6.07) is 8.69. The number of hydrogen-bond donors (Lipinski definition) is 1. The first kappa shape index (κ1) is 18.3. The fraction of sp³-hybridized carbons (Fsp3) is 0.333. The number of piperidine rings is 1. The summed E-state index contributed by atoms with van der Waals surface area (Å²) < 4.78 is 0.800. The Labute approximate surface area is 159 Å². The van der Waals surface area contributed by atoms with Gasteiger partial charge in [-0.15, -0.1) is 0 Å². The average Bonchev–Trinajstić information content (AvgIpc) is 2.66. The number of nitro groups is 1. The lowest BCUT2D eigenvalue weighted by Gasteiger charge is -2.32. The van der Waals surface area contributed by atoms with E-state index in [0.717, 1.165) is 10.0 Å². The number of anilines is 1. The number of hydrogen-bond acceptors (Lipinski definition) is 5. The predicted octanol–water partition coefficient (Wildman–Crippen LogP) is 3.29. The van der Waals surface area contributed by atoms with Crippen molar-refractivity contribution in [3.05, 3.63) is 62.9 Å². The topological polar surface area (TPSA) is 88.4 Å². The molecule has 0 radical (unpaired) electrons. The molecular formula is C18H19BrN4O3. The van der Waals surface area contributed by atoms with Gasteiger partial charge < -0.3 is 10.2 Å². The molecule has 136 valence electrons. The summed E-state index contributed by atoms with van der Waals surface area (Å²) in [7, 11) is 0. The zero-order valence-corrected chi connectivity index (χ0v) is 15.7. The largest absolute Gasteiger partial charge is 0.366 e. The third-order valence-electron chi connectivity index (χ3n) is 4.53. The molecule has 1 aromatic heterocycles. The molecule has 1 aliphatic heterocycles. The van der Waals surface area contributed by atoms with Crippen LogP contribution in [-0.4, -0.2) is 28.9 Å². The molecule has 1 N–H and O–H groups in total. The maximum Gasteiger partial charge on any atom is 0.292 e. The molecule has 1 saturated heterocycles. The number of carbonyl (C=O) groups is 1. The highest BCUT2D eigenvalue weighted by Gasteiger charge is 2.28. The van der Waals surface area contributed by atoms with Crippen LogP contribution in [0.3, 0.4) is 0 Å². The molecule has 3 rings (SSSR count). The van der Waals surface area contributed by atoms with Gasteiger partial charge in [0.05, 0.1) is 4.92 Å². The van der Waals surface area contributed by atoms with Gasteiger partial charge in [-0.1, -0.05) is 22.0 Å². The second-order valence-electron chi connectivity index (χ2n) is 6.23. The molecule has 0 spiro atoms. The fourth-order valence-electron chi connectivity index (χ4n) is 3.12. The van der Waals surface area contributed by atoms with Crippen LogP contribution in [0.25, 0.3) is 0 Å². The monoisotopic (exact) mass is 418 g/mol. The lowest BCUT2D eigenvalue weighted by molar-refractivity contribution is -0.384. The van der Waals surface area contributed by atoms with E-state index in [0.29, 0.717) is 38.2 Å². The smallest absolute Gasteiger partial charge is 0.292 e. The third-order valence-corrected chi connectivity index (χ3v) is 5.02. The number of benzene rings is 1. The van der Waals surface area contributed by atoms with E-state index in [1.54, 1.807) is 24.5 Å². The molecule has 0 unspecified atom stereocenters. The first-order valence-electron chi connectivity index (χ1n) is 8.40. The highest BCUT2D eigenvalue weighted by molar-refractivity contribution is 9.10. The van der Waals surface area contributed by atoms with E-state index in [9.17, 15) is 14.9 Å². The van der Waals surface area contributed by atoms with Crippen molar-refractivity contribution in [1.82, 2.24) is 10.3 Å². The normalized spacial score (nSPS) is 14.9. The van der Waals surface area contributed by atoms with Crippen LogP contribution in [0.1, 0.15) is 18.4 Å². The van der Waals surface area contributed by atoms with Crippen molar-refractivity contribution in [2.75, 3.05) is 18.0 Å². The number of carbonyl (C=O) groups excluding carboxylic acids is 1. The van der Waals surface area contributed by atoms with Gasteiger partial charge >= 0.3 is 0 Å². The van der Waals surface area contributed by atoms with Crippen LogP contribution >= 0.6 is 15.9 Å². The first-order chi connectivity index (χ1) is 12.5. The fourth-order valence-corrected chi connectivity index (χ4v) is 3.47. The zero-order chi connectivity index (χ0) is 18.5. The van der Waals surface area contributed by atoms with Gasteiger partial charge in [-0.2, -0.15) is 0 Å². The Morgan fingerprint density at radius 1 is 1.35 bits per heavy atom. The molecule has 2 aromatic rings. The van der Waals surface area contributed by atoms with Crippen LogP contribution < -0.4 is 10.2 Å². The molecule has 0 bridgehead atoms. The predicted molar refractivity (Wildman–Crippen MR) is 102 cm³/mol. The van der Waals surface area contributed by atoms with E-state index in [1.807, 2.05) is 17.0 Å². The Morgan fingerprint density at radius 3 is 2.77 bits per heavy atom. The van der Waals surface area contributed by atoms with E-state index in [1.165, 1.54) is 6.07 Å². The lowest BCUT2D eigenvalue weighted by atomic mass is 9.95. The number of nitrogens with zero attached hydrogens (tertiary/aromatic N) is 3. The summed E-state index contributed by atoms with van der Waals surface area (Å²) in [4.78, 5) is 29.3. The Morgan fingerprint density at radius 2 is 2.12 bits per heavy atom. The number of nitrogens with one attached hydrogen (secondary N) is 1. The zero-order valence-electron chi connectivity index (χ0n) is 14.1. The number of nitro benzene ring substituents is 1. The molecule has 1 fully saturated rings. The Balaban J connectivity index is 1.58. The molecule has 0 atom stereocenters. The van der Waals surface area contributed by atoms with Gasteiger partial charge in [-0.25, -0.2) is 0 Å². The van der Waals surface area contributed by atoms with E-state index >= 15 is 0 Å². The summed E-state index contributed by atoms with van der Waals surface area (Å²) in [5, 5.41) is 14.2. The number of halogens is 1. The first-order valence-corrected chi connectivity index (χ1v) is 9.19. The standard InChI is InChI=1S/C18H19BrN4O3/c19-15-3-4-16(23(25)26)17(10-15)22-8-5-14(6-9-22)18(24)21-12-13-2-1-7-20-11-13/h1-4,7,10-11,14H,5-6,8-9,12H2,(H,21,24). The maximum absolute atomic E-state index is 12.4. The SMILES string of the molecule is O=C(NCc1cccnc1)C1CCN(c2cc(Br)ccc2[N+](=O)[O-])CC1. The van der Waals surface area contributed by atoms with E-state index < -0.39 is 0 Å². The molecule has 7 nitrogen and oxygen atoms in total. The van der Waals surface area contributed by atoms with Crippen molar-refractivity contribution >= 4 is 33.2 Å². The van der Waals surface area contributed by atoms with E-state index in [-0.39, 0.29) is 22.4 Å². The van der Waals surface area contributed by atoms with Crippen LogP contribution in [0.5, 0.6) is 0 Å². The highest BCUT2D eigenvalue weighted by atomic mass is 79.9. The van der Waals surface area contributed by atoms with Crippen molar-refractivity contribution in [3.63, 3.8) is 0 Å². The van der Waals surface area contributed by atoms with Gasteiger partial charge in [-0.3, -0.25) is 19.9 Å². The Hall–Kier alpha value is -2.48. The molecular weight excluding hydrogens is 400 g/mol. The summed E-state index contributed by atoms with van der Waals surface area (Å²) in [6.45, 7) is 1.69. The third kappa shape index (κ3) is 4.37.